The molecule has 27 heavy (non-hydrogen) atoms. The molecule has 2 N–H and O–H groups in total. The maximum atomic E-state index is 12.9. The summed E-state index contributed by atoms with van der Waals surface area (Å²) in [6.07, 6.45) is 2.63. The van der Waals surface area contributed by atoms with Crippen molar-refractivity contribution in [1.29, 1.82) is 0 Å². The second-order valence-electron chi connectivity index (χ2n) is 6.01. The fraction of sp³-hybridized carbons (Fsp3) is 0.529. The van der Waals surface area contributed by atoms with E-state index in [1.165, 1.54) is 17.3 Å². The summed E-state index contributed by atoms with van der Waals surface area (Å²) in [6.45, 7) is 1.42. The Hall–Kier alpha value is -2.04. The SMILES string of the molecule is CN=C(NCc1nccn1C(F)F)NCC(c1cccs1)N1CCOCC1. The molecule has 1 fully saturated rings. The summed E-state index contributed by atoms with van der Waals surface area (Å²) < 4.78 is 32.1. The molecule has 0 radical (unpaired) electrons. The predicted molar refractivity (Wildman–Crippen MR) is 101 cm³/mol. The highest BCUT2D eigenvalue weighted by molar-refractivity contribution is 7.10. The van der Waals surface area contributed by atoms with Gasteiger partial charge in [0.2, 0.25) is 0 Å². The fourth-order valence-corrected chi connectivity index (χ4v) is 3.88. The van der Waals surface area contributed by atoms with Gasteiger partial charge in [-0.15, -0.1) is 11.3 Å². The first-order valence-electron chi connectivity index (χ1n) is 8.78. The first-order chi connectivity index (χ1) is 13.2. The summed E-state index contributed by atoms with van der Waals surface area (Å²) in [4.78, 5) is 11.8. The van der Waals surface area contributed by atoms with E-state index in [-0.39, 0.29) is 18.4 Å². The van der Waals surface area contributed by atoms with Crippen molar-refractivity contribution in [3.8, 4) is 0 Å². The van der Waals surface area contributed by atoms with Gasteiger partial charge >= 0.3 is 6.55 Å². The molecular formula is C17H24F2N6OS. The van der Waals surface area contributed by atoms with E-state index in [4.69, 9.17) is 4.74 Å². The highest BCUT2D eigenvalue weighted by Gasteiger charge is 2.23. The molecular weight excluding hydrogens is 374 g/mol. The first kappa shape index (κ1) is 19.7. The Balaban J connectivity index is 1.58. The molecule has 2 aromatic rings. The normalized spacial score (nSPS) is 17.3. The molecule has 7 nitrogen and oxygen atoms in total. The highest BCUT2D eigenvalue weighted by atomic mass is 32.1. The molecule has 0 saturated carbocycles. The molecule has 0 spiro atoms. The van der Waals surface area contributed by atoms with Crippen LogP contribution in [0.5, 0.6) is 0 Å². The van der Waals surface area contributed by atoms with E-state index in [0.717, 1.165) is 30.9 Å². The molecule has 0 amide bonds. The van der Waals surface area contributed by atoms with Crippen molar-refractivity contribution in [2.75, 3.05) is 39.9 Å². The molecule has 1 unspecified atom stereocenters. The maximum Gasteiger partial charge on any atom is 0.319 e. The Morgan fingerprint density at radius 3 is 2.85 bits per heavy atom. The van der Waals surface area contributed by atoms with Crippen LogP contribution >= 0.6 is 11.3 Å². The van der Waals surface area contributed by atoms with Crippen LogP contribution in [0.4, 0.5) is 8.78 Å². The summed E-state index contributed by atoms with van der Waals surface area (Å²) in [7, 11) is 1.66. The van der Waals surface area contributed by atoms with Crippen LogP contribution in [0.1, 0.15) is 23.3 Å². The Morgan fingerprint density at radius 2 is 2.19 bits per heavy atom. The zero-order valence-corrected chi connectivity index (χ0v) is 16.0. The number of aromatic nitrogens is 2. The number of thiophene rings is 1. The number of alkyl halides is 2. The second kappa shape index (κ2) is 9.77. The summed E-state index contributed by atoms with van der Waals surface area (Å²) in [5, 5.41) is 8.43. The number of imidazole rings is 1. The lowest BCUT2D eigenvalue weighted by Gasteiger charge is -2.34. The second-order valence-corrected chi connectivity index (χ2v) is 6.99. The van der Waals surface area contributed by atoms with Crippen molar-refractivity contribution < 1.29 is 13.5 Å². The van der Waals surface area contributed by atoms with Crippen molar-refractivity contribution in [2.45, 2.75) is 19.1 Å². The van der Waals surface area contributed by atoms with E-state index in [1.54, 1.807) is 18.4 Å². The van der Waals surface area contributed by atoms with Gasteiger partial charge in [0.15, 0.2) is 5.96 Å². The van der Waals surface area contributed by atoms with E-state index < -0.39 is 6.55 Å². The number of nitrogens with zero attached hydrogens (tertiary/aromatic N) is 4. The summed E-state index contributed by atoms with van der Waals surface area (Å²) in [5.41, 5.74) is 0. The van der Waals surface area contributed by atoms with Crippen LogP contribution < -0.4 is 10.6 Å². The first-order valence-corrected chi connectivity index (χ1v) is 9.66. The highest BCUT2D eigenvalue weighted by Crippen LogP contribution is 2.25. The molecule has 10 heteroatoms. The van der Waals surface area contributed by atoms with Gasteiger partial charge < -0.3 is 15.4 Å². The number of guanidine groups is 1. The van der Waals surface area contributed by atoms with E-state index in [1.807, 2.05) is 6.07 Å². The molecule has 3 heterocycles. The quantitative estimate of drug-likeness (QED) is 0.552. The van der Waals surface area contributed by atoms with E-state index >= 15 is 0 Å². The molecule has 0 aromatic carbocycles. The molecule has 1 atom stereocenters. The predicted octanol–water partition coefficient (Wildman–Crippen LogP) is 2.08. The number of nitrogens with one attached hydrogen (secondary N) is 2. The van der Waals surface area contributed by atoms with Gasteiger partial charge in [0.1, 0.15) is 5.82 Å². The van der Waals surface area contributed by atoms with Gasteiger partial charge in [-0.25, -0.2) is 4.98 Å². The van der Waals surface area contributed by atoms with Crippen molar-refractivity contribution in [2.24, 2.45) is 4.99 Å². The number of hydrogen-bond donors (Lipinski definition) is 2. The molecule has 3 rings (SSSR count). The maximum absolute atomic E-state index is 12.9. The van der Waals surface area contributed by atoms with E-state index in [9.17, 15) is 8.78 Å². The number of rotatable bonds is 7. The van der Waals surface area contributed by atoms with Crippen LogP contribution in [0.3, 0.4) is 0 Å². The van der Waals surface area contributed by atoms with Crippen LogP contribution in [0, 0.1) is 0 Å². The molecule has 0 bridgehead atoms. The fourth-order valence-electron chi connectivity index (χ4n) is 3.01. The van der Waals surface area contributed by atoms with Gasteiger partial charge in [-0.3, -0.25) is 14.5 Å². The van der Waals surface area contributed by atoms with Gasteiger partial charge in [-0.2, -0.15) is 8.78 Å². The van der Waals surface area contributed by atoms with Gasteiger partial charge in [0, 0.05) is 44.0 Å². The molecule has 2 aromatic heterocycles. The van der Waals surface area contributed by atoms with Crippen LogP contribution in [0.15, 0.2) is 34.9 Å². The summed E-state index contributed by atoms with van der Waals surface area (Å²) in [5.74, 6) is 0.810. The Labute approximate surface area is 161 Å². The van der Waals surface area contributed by atoms with Crippen molar-refractivity contribution in [1.82, 2.24) is 25.1 Å². The van der Waals surface area contributed by atoms with Crippen LogP contribution in [0.2, 0.25) is 0 Å². The van der Waals surface area contributed by atoms with E-state index in [2.05, 4.69) is 37.0 Å². The zero-order chi connectivity index (χ0) is 19.1. The van der Waals surface area contributed by atoms with Gasteiger partial charge in [0.25, 0.3) is 0 Å². The standard InChI is InChI=1S/C17H24F2N6OS/c1-20-17(23-12-15-21-4-5-25(15)16(18)19)22-11-13(14-3-2-10-27-14)24-6-8-26-9-7-24/h2-5,10,13,16H,6-9,11-12H2,1H3,(H2,20,22,23). The van der Waals surface area contributed by atoms with Gasteiger partial charge in [0.05, 0.1) is 25.8 Å². The third-order valence-electron chi connectivity index (χ3n) is 4.42. The molecule has 1 aliphatic rings. The number of morpholine rings is 1. The molecule has 1 saturated heterocycles. The van der Waals surface area contributed by atoms with Crippen molar-refractivity contribution in [3.05, 3.63) is 40.6 Å². The van der Waals surface area contributed by atoms with Crippen LogP contribution in [-0.2, 0) is 11.3 Å². The molecule has 1 aliphatic heterocycles. The number of aliphatic imine (C=N–C) groups is 1. The molecule has 148 valence electrons. The largest absolute Gasteiger partial charge is 0.379 e. The monoisotopic (exact) mass is 398 g/mol. The lowest BCUT2D eigenvalue weighted by Crippen LogP contribution is -2.46. The smallest absolute Gasteiger partial charge is 0.319 e. The minimum atomic E-state index is -2.61. The number of halogens is 2. The Kier molecular flexibility index (Phi) is 7.13. The topological polar surface area (TPSA) is 66.7 Å². The summed E-state index contributed by atoms with van der Waals surface area (Å²) in [6, 6.07) is 4.38. The average molecular weight is 398 g/mol. The van der Waals surface area contributed by atoms with Gasteiger partial charge in [-0.1, -0.05) is 6.07 Å². The Morgan fingerprint density at radius 1 is 1.37 bits per heavy atom. The van der Waals surface area contributed by atoms with Crippen LogP contribution in [-0.4, -0.2) is 60.3 Å². The third-order valence-corrected chi connectivity index (χ3v) is 5.39. The van der Waals surface area contributed by atoms with E-state index in [0.29, 0.717) is 12.5 Å². The summed E-state index contributed by atoms with van der Waals surface area (Å²) >= 11 is 1.72. The van der Waals surface area contributed by atoms with Crippen LogP contribution in [0.25, 0.3) is 0 Å². The average Bonchev–Trinajstić information content (AvgIpc) is 3.37. The van der Waals surface area contributed by atoms with Gasteiger partial charge in [-0.05, 0) is 11.4 Å². The lowest BCUT2D eigenvalue weighted by atomic mass is 10.2. The minimum Gasteiger partial charge on any atom is -0.379 e. The Bertz CT molecular complexity index is 715. The third kappa shape index (κ3) is 5.24. The zero-order valence-electron chi connectivity index (χ0n) is 15.1. The van der Waals surface area contributed by atoms with Crippen molar-refractivity contribution >= 4 is 17.3 Å². The number of ether oxygens (including phenoxy) is 1. The minimum absolute atomic E-state index is 0.165. The molecule has 0 aliphatic carbocycles. The number of hydrogen-bond acceptors (Lipinski definition) is 5. The van der Waals surface area contributed by atoms with Crippen molar-refractivity contribution in [3.63, 3.8) is 0 Å². The lowest BCUT2D eigenvalue weighted by molar-refractivity contribution is 0.0177.